The first kappa shape index (κ1) is 4.97. The third-order valence-corrected chi connectivity index (χ3v) is 0.724. The summed E-state index contributed by atoms with van der Waals surface area (Å²) in [5, 5.41) is 8.70. The Morgan fingerprint density at radius 1 is 1.38 bits per heavy atom. The maximum absolute atomic E-state index is 8.70. The fourth-order valence-corrected chi connectivity index (χ4v) is 0.393. The maximum atomic E-state index is 8.70. The van der Waals surface area contributed by atoms with E-state index in [1.165, 1.54) is 12.5 Å². The van der Waals surface area contributed by atoms with E-state index in [0.717, 1.165) is 0 Å². The Kier molecular flexibility index (Phi) is 1.37. The highest BCUT2D eigenvalue weighted by atomic mass is 16.5. The van der Waals surface area contributed by atoms with Gasteiger partial charge in [0.15, 0.2) is 5.76 Å². The Morgan fingerprint density at radius 3 is 3.12 bits per heavy atom. The van der Waals surface area contributed by atoms with Crippen molar-refractivity contribution < 1.29 is 9.84 Å². The standard InChI is InChI=1S/C6H6O2/c7-6-3-1-2-4-8-5-6/h1-5,7H. The number of aliphatic hydroxyl groups excluding tert-OH is 1. The first-order valence-electron chi connectivity index (χ1n) is 2.27. The molecular formula is C6H6O2. The van der Waals surface area contributed by atoms with Crippen LogP contribution in [-0.2, 0) is 4.74 Å². The van der Waals surface area contributed by atoms with Gasteiger partial charge >= 0.3 is 0 Å². The van der Waals surface area contributed by atoms with Gasteiger partial charge in [-0.1, -0.05) is 6.08 Å². The van der Waals surface area contributed by atoms with Crippen LogP contribution in [0.25, 0.3) is 0 Å². The number of allylic oxidation sites excluding steroid dienone is 3. The summed E-state index contributed by atoms with van der Waals surface area (Å²) in [6.45, 7) is 0. The van der Waals surface area contributed by atoms with Crippen molar-refractivity contribution in [2.24, 2.45) is 0 Å². The molecule has 0 aromatic carbocycles. The van der Waals surface area contributed by atoms with Gasteiger partial charge in [0.1, 0.15) is 6.26 Å². The number of hydrogen-bond donors (Lipinski definition) is 1. The molecule has 0 spiro atoms. The second-order valence-electron chi connectivity index (χ2n) is 1.37. The summed E-state index contributed by atoms with van der Waals surface area (Å²) in [4.78, 5) is 0. The van der Waals surface area contributed by atoms with Crippen molar-refractivity contribution in [3.63, 3.8) is 0 Å². The second kappa shape index (κ2) is 2.21. The lowest BCUT2D eigenvalue weighted by molar-refractivity contribution is 0.350. The molecule has 0 aromatic heterocycles. The minimum atomic E-state index is 0.134. The minimum absolute atomic E-state index is 0.134. The molecule has 1 aliphatic heterocycles. The van der Waals surface area contributed by atoms with Gasteiger partial charge in [0.25, 0.3) is 0 Å². The number of aliphatic hydroxyl groups is 1. The van der Waals surface area contributed by atoms with E-state index in [4.69, 9.17) is 5.11 Å². The SMILES string of the molecule is OC1=COC=CC=C1. The fourth-order valence-electron chi connectivity index (χ4n) is 0.393. The van der Waals surface area contributed by atoms with E-state index >= 15 is 0 Å². The van der Waals surface area contributed by atoms with Crippen LogP contribution in [0.3, 0.4) is 0 Å². The molecule has 0 fully saturated rings. The van der Waals surface area contributed by atoms with Gasteiger partial charge in [-0.25, -0.2) is 0 Å². The van der Waals surface area contributed by atoms with Crippen LogP contribution >= 0.6 is 0 Å². The van der Waals surface area contributed by atoms with Crippen LogP contribution in [0.2, 0.25) is 0 Å². The molecule has 0 bridgehead atoms. The van der Waals surface area contributed by atoms with E-state index in [1.807, 2.05) is 0 Å². The highest BCUT2D eigenvalue weighted by Crippen LogP contribution is 1.96. The first-order valence-corrected chi connectivity index (χ1v) is 2.27. The van der Waals surface area contributed by atoms with Gasteiger partial charge in [0.05, 0.1) is 6.26 Å². The molecule has 0 atom stereocenters. The Labute approximate surface area is 47.4 Å². The molecule has 2 nitrogen and oxygen atoms in total. The third-order valence-electron chi connectivity index (χ3n) is 0.724. The van der Waals surface area contributed by atoms with Gasteiger partial charge in [-0.3, -0.25) is 0 Å². The smallest absolute Gasteiger partial charge is 0.150 e. The Hall–Kier alpha value is -1.18. The Balaban J connectivity index is 2.69. The topological polar surface area (TPSA) is 29.5 Å². The van der Waals surface area contributed by atoms with Crippen LogP contribution in [-0.4, -0.2) is 5.11 Å². The molecule has 1 heterocycles. The van der Waals surface area contributed by atoms with E-state index < -0.39 is 0 Å². The van der Waals surface area contributed by atoms with E-state index in [0.29, 0.717) is 0 Å². The van der Waals surface area contributed by atoms with Crippen LogP contribution < -0.4 is 0 Å². The van der Waals surface area contributed by atoms with Gasteiger partial charge in [-0.15, -0.1) is 0 Å². The zero-order valence-corrected chi connectivity index (χ0v) is 4.24. The average molecular weight is 110 g/mol. The van der Waals surface area contributed by atoms with E-state index in [2.05, 4.69) is 4.74 Å². The molecular weight excluding hydrogens is 104 g/mol. The van der Waals surface area contributed by atoms with Gasteiger partial charge < -0.3 is 9.84 Å². The molecule has 0 unspecified atom stereocenters. The van der Waals surface area contributed by atoms with Crippen molar-refractivity contribution in [1.82, 2.24) is 0 Å². The first-order chi connectivity index (χ1) is 3.89. The molecule has 0 saturated heterocycles. The van der Waals surface area contributed by atoms with Gasteiger partial charge in [0.2, 0.25) is 0 Å². The molecule has 0 aliphatic carbocycles. The van der Waals surface area contributed by atoms with Crippen molar-refractivity contribution in [1.29, 1.82) is 0 Å². The minimum Gasteiger partial charge on any atom is -0.505 e. The number of rotatable bonds is 0. The molecule has 0 saturated carbocycles. The van der Waals surface area contributed by atoms with Crippen molar-refractivity contribution >= 4 is 0 Å². The molecule has 0 aromatic rings. The lowest BCUT2D eigenvalue weighted by Gasteiger charge is -1.85. The van der Waals surface area contributed by atoms with Crippen molar-refractivity contribution in [2.75, 3.05) is 0 Å². The third kappa shape index (κ3) is 1.15. The summed E-state index contributed by atoms with van der Waals surface area (Å²) in [6.07, 6.45) is 7.68. The molecule has 1 N–H and O–H groups in total. The molecule has 1 aliphatic rings. The van der Waals surface area contributed by atoms with Crippen LogP contribution in [0.15, 0.2) is 36.5 Å². The molecule has 8 heavy (non-hydrogen) atoms. The highest BCUT2D eigenvalue weighted by molar-refractivity contribution is 5.16. The van der Waals surface area contributed by atoms with Gasteiger partial charge in [-0.05, 0) is 12.2 Å². The zero-order valence-electron chi connectivity index (χ0n) is 4.24. The summed E-state index contributed by atoms with van der Waals surface area (Å²) < 4.78 is 4.65. The summed E-state index contributed by atoms with van der Waals surface area (Å²) in [5.41, 5.74) is 0. The summed E-state index contributed by atoms with van der Waals surface area (Å²) >= 11 is 0. The molecule has 42 valence electrons. The van der Waals surface area contributed by atoms with Crippen molar-refractivity contribution in [3.05, 3.63) is 36.5 Å². The largest absolute Gasteiger partial charge is 0.505 e. The van der Waals surface area contributed by atoms with Gasteiger partial charge in [0, 0.05) is 0 Å². The zero-order chi connectivity index (χ0) is 5.82. The second-order valence-corrected chi connectivity index (χ2v) is 1.37. The van der Waals surface area contributed by atoms with Crippen LogP contribution in [0.4, 0.5) is 0 Å². The summed E-state index contributed by atoms with van der Waals surface area (Å²) in [6, 6.07) is 0. The summed E-state index contributed by atoms with van der Waals surface area (Å²) in [5.74, 6) is 0.134. The van der Waals surface area contributed by atoms with E-state index in [-0.39, 0.29) is 5.76 Å². The van der Waals surface area contributed by atoms with Crippen molar-refractivity contribution in [2.45, 2.75) is 0 Å². The normalized spacial score (nSPS) is 16.8. The van der Waals surface area contributed by atoms with Crippen LogP contribution in [0.1, 0.15) is 0 Å². The monoisotopic (exact) mass is 110 g/mol. The molecule has 1 rings (SSSR count). The Bertz CT molecular complexity index is 151. The fraction of sp³-hybridized carbons (Fsp3) is 0. The van der Waals surface area contributed by atoms with Crippen LogP contribution in [0, 0.1) is 0 Å². The van der Waals surface area contributed by atoms with Crippen molar-refractivity contribution in [3.8, 4) is 0 Å². The lowest BCUT2D eigenvalue weighted by atomic mass is 10.4. The Morgan fingerprint density at radius 2 is 2.25 bits per heavy atom. The molecule has 0 radical (unpaired) electrons. The highest BCUT2D eigenvalue weighted by Gasteiger charge is 1.84. The lowest BCUT2D eigenvalue weighted by Crippen LogP contribution is -1.70. The predicted molar refractivity (Wildman–Crippen MR) is 30.1 cm³/mol. The quantitative estimate of drug-likeness (QED) is 0.511. The van der Waals surface area contributed by atoms with Crippen LogP contribution in [0.5, 0.6) is 0 Å². The predicted octanol–water partition coefficient (Wildman–Crippen LogP) is 1.49. The van der Waals surface area contributed by atoms with Gasteiger partial charge in [-0.2, -0.15) is 0 Å². The van der Waals surface area contributed by atoms with E-state index in [1.54, 1.807) is 18.2 Å². The van der Waals surface area contributed by atoms with E-state index in [9.17, 15) is 0 Å². The molecule has 2 heteroatoms. The molecule has 0 amide bonds. The summed E-state index contributed by atoms with van der Waals surface area (Å²) in [7, 11) is 0. The number of ether oxygens (including phenoxy) is 1. The number of hydrogen-bond acceptors (Lipinski definition) is 2. The maximum Gasteiger partial charge on any atom is 0.150 e. The average Bonchev–Trinajstić information content (AvgIpc) is 1.94.